The van der Waals surface area contributed by atoms with Crippen molar-refractivity contribution in [3.63, 3.8) is 0 Å². The number of carboxylic acid groups (broad SMARTS) is 2. The Hall–Kier alpha value is -0.706. The molecule has 0 aromatic carbocycles. The highest BCUT2D eigenvalue weighted by Gasteiger charge is 2.31. The van der Waals surface area contributed by atoms with Crippen molar-refractivity contribution in [1.29, 1.82) is 0 Å². The molecule has 0 aromatic heterocycles. The molecule has 0 aromatic rings. The predicted octanol–water partition coefficient (Wildman–Crippen LogP) is 2.63. The quantitative estimate of drug-likeness (QED) is 0.526. The van der Waals surface area contributed by atoms with Crippen molar-refractivity contribution < 1.29 is 28.7 Å². The zero-order valence-corrected chi connectivity index (χ0v) is 15.4. The Morgan fingerprint density at radius 2 is 1.50 bits per heavy atom. The van der Waals surface area contributed by atoms with Crippen LogP contribution < -0.4 is 0 Å². The standard InChI is InChI=1S/C7H18O3Si2.C5H10O3/c1-11(2,3)10-12(4,5)6-7(8)9;1-2-8-4-3-5(6)7/h6H2,1-5H3,(H,8,9);2-4H2,1H3,(H,6,7). The molecule has 0 atom stereocenters. The topological polar surface area (TPSA) is 93.1 Å². The van der Waals surface area contributed by atoms with Crippen LogP contribution in [0.5, 0.6) is 0 Å². The summed E-state index contributed by atoms with van der Waals surface area (Å²) in [4.78, 5) is 20.3. The van der Waals surface area contributed by atoms with Crippen LogP contribution in [0.1, 0.15) is 13.3 Å². The molecule has 0 rings (SSSR count). The normalized spacial score (nSPS) is 11.5. The van der Waals surface area contributed by atoms with Gasteiger partial charge in [0.2, 0.25) is 0 Å². The van der Waals surface area contributed by atoms with Gasteiger partial charge in [0.25, 0.3) is 0 Å². The highest BCUT2D eigenvalue weighted by molar-refractivity contribution is 6.85. The molecule has 0 bridgehead atoms. The van der Waals surface area contributed by atoms with E-state index in [-0.39, 0.29) is 12.5 Å². The van der Waals surface area contributed by atoms with Crippen molar-refractivity contribution in [2.24, 2.45) is 0 Å². The molecule has 0 aliphatic rings. The predicted molar refractivity (Wildman–Crippen MR) is 83.1 cm³/mol. The molecule has 2 N–H and O–H groups in total. The number of ether oxygens (including phenoxy) is 1. The molecule has 8 heteroatoms. The first-order valence-corrected chi connectivity index (χ1v) is 13.1. The summed E-state index contributed by atoms with van der Waals surface area (Å²) in [5.74, 6) is -1.55. The van der Waals surface area contributed by atoms with Gasteiger partial charge in [-0.25, -0.2) is 0 Å². The second-order valence-electron chi connectivity index (χ2n) is 5.89. The van der Waals surface area contributed by atoms with Crippen LogP contribution in [0, 0.1) is 0 Å². The number of carbonyl (C=O) groups is 2. The number of hydrogen-bond acceptors (Lipinski definition) is 4. The summed E-state index contributed by atoms with van der Waals surface area (Å²) >= 11 is 0. The van der Waals surface area contributed by atoms with Crippen molar-refractivity contribution in [2.75, 3.05) is 13.2 Å². The highest BCUT2D eigenvalue weighted by atomic mass is 28.4. The summed E-state index contributed by atoms with van der Waals surface area (Å²) < 4.78 is 10.6. The highest BCUT2D eigenvalue weighted by Crippen LogP contribution is 2.17. The summed E-state index contributed by atoms with van der Waals surface area (Å²) in [6.07, 6.45) is 0.105. The molecule has 0 aliphatic heterocycles. The van der Waals surface area contributed by atoms with Crippen LogP contribution in [-0.4, -0.2) is 52.0 Å². The maximum absolute atomic E-state index is 10.5. The van der Waals surface area contributed by atoms with E-state index in [2.05, 4.69) is 19.6 Å². The molecule has 20 heavy (non-hydrogen) atoms. The first kappa shape index (κ1) is 21.6. The molecule has 0 fully saturated rings. The van der Waals surface area contributed by atoms with Crippen molar-refractivity contribution in [1.82, 2.24) is 0 Å². The van der Waals surface area contributed by atoms with E-state index >= 15 is 0 Å². The lowest BCUT2D eigenvalue weighted by molar-refractivity contribution is -0.138. The van der Waals surface area contributed by atoms with Crippen LogP contribution in [0.2, 0.25) is 38.8 Å². The van der Waals surface area contributed by atoms with Crippen LogP contribution in [0.25, 0.3) is 0 Å². The second-order valence-corrected chi connectivity index (χ2v) is 14.8. The van der Waals surface area contributed by atoms with Crippen LogP contribution in [0.15, 0.2) is 0 Å². The van der Waals surface area contributed by atoms with Crippen LogP contribution in [0.4, 0.5) is 0 Å². The lowest BCUT2D eigenvalue weighted by Gasteiger charge is -2.30. The smallest absolute Gasteiger partial charge is 0.305 e. The Bertz CT molecular complexity index is 299. The number of carboxylic acids is 2. The molecule has 0 radical (unpaired) electrons. The number of rotatable bonds is 8. The molecule has 120 valence electrons. The molecule has 0 amide bonds. The SMILES string of the molecule is CCOCCC(=O)O.C[Si](C)(C)O[Si](C)(C)CC(=O)O. The van der Waals surface area contributed by atoms with Gasteiger partial charge in [0, 0.05) is 6.61 Å². The largest absolute Gasteiger partial charge is 0.481 e. The summed E-state index contributed by atoms with van der Waals surface area (Å²) in [6, 6.07) is 0.206. The fraction of sp³-hybridized carbons (Fsp3) is 0.833. The minimum atomic E-state index is -1.94. The summed E-state index contributed by atoms with van der Waals surface area (Å²) in [5, 5.41) is 16.7. The Morgan fingerprint density at radius 1 is 1.00 bits per heavy atom. The van der Waals surface area contributed by atoms with Gasteiger partial charge >= 0.3 is 11.9 Å². The third kappa shape index (κ3) is 19.6. The third-order valence-corrected chi connectivity index (χ3v) is 7.64. The molecular formula is C12H28O6Si2. The van der Waals surface area contributed by atoms with Gasteiger partial charge < -0.3 is 19.1 Å². The van der Waals surface area contributed by atoms with Crippen molar-refractivity contribution >= 4 is 28.6 Å². The molecule has 0 heterocycles. The van der Waals surface area contributed by atoms with E-state index in [9.17, 15) is 9.59 Å². The van der Waals surface area contributed by atoms with Crippen molar-refractivity contribution in [3.8, 4) is 0 Å². The Kier molecular flexibility index (Phi) is 10.9. The molecular weight excluding hydrogens is 296 g/mol. The molecule has 0 aliphatic carbocycles. The Morgan fingerprint density at radius 3 is 1.80 bits per heavy atom. The lowest BCUT2D eigenvalue weighted by Crippen LogP contribution is -2.43. The maximum Gasteiger partial charge on any atom is 0.305 e. The van der Waals surface area contributed by atoms with E-state index in [1.807, 2.05) is 20.0 Å². The summed E-state index contributed by atoms with van der Waals surface area (Å²) in [6.45, 7) is 12.9. The molecule has 0 saturated heterocycles. The zero-order valence-electron chi connectivity index (χ0n) is 13.4. The van der Waals surface area contributed by atoms with Gasteiger partial charge in [0.05, 0.1) is 19.1 Å². The van der Waals surface area contributed by atoms with Gasteiger partial charge in [0.15, 0.2) is 16.6 Å². The fourth-order valence-electron chi connectivity index (χ4n) is 1.53. The summed E-state index contributed by atoms with van der Waals surface area (Å²) in [7, 11) is -3.50. The van der Waals surface area contributed by atoms with Crippen LogP contribution in [-0.2, 0) is 18.4 Å². The minimum absolute atomic E-state index is 0.105. The van der Waals surface area contributed by atoms with E-state index in [0.717, 1.165) is 0 Å². The van der Waals surface area contributed by atoms with E-state index < -0.39 is 28.6 Å². The number of hydrogen-bond donors (Lipinski definition) is 2. The Balaban J connectivity index is 0. The van der Waals surface area contributed by atoms with Gasteiger partial charge in [-0.05, 0) is 39.7 Å². The van der Waals surface area contributed by atoms with E-state index in [1.165, 1.54) is 0 Å². The van der Waals surface area contributed by atoms with E-state index in [1.54, 1.807) is 0 Å². The van der Waals surface area contributed by atoms with E-state index in [4.69, 9.17) is 19.1 Å². The molecule has 0 unspecified atom stereocenters. The van der Waals surface area contributed by atoms with Gasteiger partial charge in [-0.3, -0.25) is 9.59 Å². The third-order valence-electron chi connectivity index (χ3n) is 1.82. The number of aliphatic carboxylic acids is 2. The summed E-state index contributed by atoms with van der Waals surface area (Å²) in [5.41, 5.74) is 0. The van der Waals surface area contributed by atoms with Gasteiger partial charge in [-0.2, -0.15) is 0 Å². The average molecular weight is 325 g/mol. The zero-order chi connectivity index (χ0) is 16.4. The average Bonchev–Trinajstić information content (AvgIpc) is 2.11. The van der Waals surface area contributed by atoms with Crippen molar-refractivity contribution in [3.05, 3.63) is 0 Å². The lowest BCUT2D eigenvalue weighted by atomic mass is 10.5. The maximum atomic E-state index is 10.5. The Labute approximate surface area is 123 Å². The monoisotopic (exact) mass is 324 g/mol. The minimum Gasteiger partial charge on any atom is -0.481 e. The van der Waals surface area contributed by atoms with Crippen LogP contribution in [0.3, 0.4) is 0 Å². The van der Waals surface area contributed by atoms with Crippen molar-refractivity contribution in [2.45, 2.75) is 52.1 Å². The molecule has 0 saturated carbocycles. The molecule has 6 nitrogen and oxygen atoms in total. The van der Waals surface area contributed by atoms with Crippen LogP contribution >= 0.6 is 0 Å². The van der Waals surface area contributed by atoms with E-state index in [0.29, 0.717) is 13.2 Å². The fourth-order valence-corrected chi connectivity index (χ4v) is 9.18. The molecule has 0 spiro atoms. The van der Waals surface area contributed by atoms with Gasteiger partial charge in [-0.1, -0.05) is 0 Å². The first-order valence-electron chi connectivity index (χ1n) is 6.61. The van der Waals surface area contributed by atoms with Gasteiger partial charge in [0.1, 0.15) is 0 Å². The second kappa shape index (κ2) is 10.1. The van der Waals surface area contributed by atoms with Gasteiger partial charge in [-0.15, -0.1) is 0 Å². The first-order chi connectivity index (χ1) is 8.89.